The van der Waals surface area contributed by atoms with Crippen LogP contribution in [0.25, 0.3) is 0 Å². The smallest absolute Gasteiger partial charge is 0.474 e. The average Bonchev–Trinajstić information content (AvgIpc) is 2.09. The predicted octanol–water partition coefficient (Wildman–Crippen LogP) is 4.33. The highest BCUT2D eigenvalue weighted by Crippen LogP contribution is 2.27. The molecule has 0 aliphatic heterocycles. The average molecular weight is 434 g/mol. The summed E-state index contributed by atoms with van der Waals surface area (Å²) in [4.78, 5) is 0. The van der Waals surface area contributed by atoms with E-state index in [-0.39, 0.29) is 22.4 Å². The van der Waals surface area contributed by atoms with Gasteiger partial charge in [0, 0.05) is 25.2 Å². The molecule has 0 N–H and O–H groups in total. The Balaban J connectivity index is 5.07. The predicted molar refractivity (Wildman–Crippen MR) is 96.4 cm³/mol. The summed E-state index contributed by atoms with van der Waals surface area (Å²) < 4.78 is 23.7. The summed E-state index contributed by atoms with van der Waals surface area (Å²) in [5, 5.41) is 0.519. The lowest BCUT2D eigenvalue weighted by Gasteiger charge is -2.35. The molecule has 0 amide bonds. The summed E-state index contributed by atoms with van der Waals surface area (Å²) in [6.07, 6.45) is 0.115. The number of thiocarbonyl (C=S) groups is 1. The van der Waals surface area contributed by atoms with Gasteiger partial charge in [0.15, 0.2) is 9.16 Å². The first kappa shape index (κ1) is 20.7. The Morgan fingerprint density at radius 2 is 1.30 bits per heavy atom. The Bertz CT molecular complexity index is 274. The molecular formula is C13H27IO4SSi. The lowest BCUT2D eigenvalue weighted by Crippen LogP contribution is -2.52. The second kappa shape index (κ2) is 9.68. The minimum atomic E-state index is -2.81. The molecule has 1 atom stereocenters. The third-order valence-corrected chi connectivity index (χ3v) is 6.93. The largest absolute Gasteiger partial charge is 0.506 e. The van der Waals surface area contributed by atoms with Gasteiger partial charge in [-0.1, -0.05) is 0 Å². The second-order valence-electron chi connectivity index (χ2n) is 5.41. The number of halogens is 1. The molecule has 1 unspecified atom stereocenters. The van der Waals surface area contributed by atoms with Crippen molar-refractivity contribution in [3.05, 3.63) is 0 Å². The van der Waals surface area contributed by atoms with Crippen LogP contribution in [-0.2, 0) is 18.0 Å². The molecule has 20 heavy (non-hydrogen) atoms. The molecule has 0 radical (unpaired) electrons. The molecule has 0 saturated carbocycles. The van der Waals surface area contributed by atoms with Crippen LogP contribution in [0.5, 0.6) is 0 Å². The molecule has 0 aromatic rings. The van der Waals surface area contributed by atoms with Crippen molar-refractivity contribution in [3.63, 3.8) is 0 Å². The maximum Gasteiger partial charge on any atom is 0.506 e. The summed E-state index contributed by atoms with van der Waals surface area (Å²) >= 11 is 7.20. The summed E-state index contributed by atoms with van der Waals surface area (Å²) in [6.45, 7) is 13.7. The number of alkyl halides is 1. The molecule has 0 rings (SSSR count). The van der Waals surface area contributed by atoms with Crippen LogP contribution < -0.4 is 0 Å². The standard InChI is InChI=1S/C13H27IO4SSi/c1-9(2)16-20(17-10(3)4,18-11(5)6)8-13(14)15-12(7)19/h9-11,13H,8H2,1-7H3. The van der Waals surface area contributed by atoms with Gasteiger partial charge in [-0.25, -0.2) is 0 Å². The Kier molecular flexibility index (Phi) is 10.0. The van der Waals surface area contributed by atoms with Crippen molar-refractivity contribution in [1.29, 1.82) is 0 Å². The first-order chi connectivity index (χ1) is 9.06. The van der Waals surface area contributed by atoms with E-state index in [1.807, 2.05) is 41.5 Å². The molecular weight excluding hydrogens is 407 g/mol. The number of hydrogen-bond acceptors (Lipinski definition) is 5. The first-order valence-corrected chi connectivity index (χ1v) is 10.5. The molecule has 4 nitrogen and oxygen atoms in total. The van der Waals surface area contributed by atoms with Gasteiger partial charge in [0.25, 0.3) is 0 Å². The molecule has 0 aromatic carbocycles. The van der Waals surface area contributed by atoms with Gasteiger partial charge in [-0.3, -0.25) is 0 Å². The lowest BCUT2D eigenvalue weighted by molar-refractivity contribution is 0.000227. The van der Waals surface area contributed by atoms with Gasteiger partial charge in [-0.2, -0.15) is 0 Å². The van der Waals surface area contributed by atoms with Gasteiger partial charge >= 0.3 is 8.80 Å². The van der Waals surface area contributed by atoms with E-state index in [4.69, 9.17) is 30.2 Å². The van der Waals surface area contributed by atoms with E-state index >= 15 is 0 Å². The van der Waals surface area contributed by atoms with E-state index in [2.05, 4.69) is 22.6 Å². The van der Waals surface area contributed by atoms with Gasteiger partial charge in [0.1, 0.15) is 0 Å². The van der Waals surface area contributed by atoms with E-state index in [0.717, 1.165) is 0 Å². The number of hydrogen-bond donors (Lipinski definition) is 0. The molecule has 0 aliphatic rings. The monoisotopic (exact) mass is 434 g/mol. The molecule has 120 valence electrons. The topological polar surface area (TPSA) is 36.9 Å². The lowest BCUT2D eigenvalue weighted by atomic mass is 10.5. The van der Waals surface area contributed by atoms with Crippen molar-refractivity contribution >= 4 is 48.7 Å². The zero-order chi connectivity index (χ0) is 15.9. The van der Waals surface area contributed by atoms with E-state index in [9.17, 15) is 0 Å². The SMILES string of the molecule is CC(=S)OC(I)C[Si](OC(C)C)(OC(C)C)OC(C)C. The highest BCUT2D eigenvalue weighted by molar-refractivity contribution is 14.1. The molecule has 0 spiro atoms. The van der Waals surface area contributed by atoms with E-state index < -0.39 is 8.80 Å². The Labute approximate surface area is 143 Å². The van der Waals surface area contributed by atoms with Crippen LogP contribution in [-0.4, -0.2) is 36.3 Å². The zero-order valence-corrected chi connectivity index (χ0v) is 17.4. The van der Waals surface area contributed by atoms with E-state index in [1.165, 1.54) is 0 Å². The van der Waals surface area contributed by atoms with Crippen LogP contribution in [0, 0.1) is 0 Å². The molecule has 0 saturated heterocycles. The maximum absolute atomic E-state index is 6.08. The van der Waals surface area contributed by atoms with Crippen molar-refractivity contribution in [2.24, 2.45) is 0 Å². The second-order valence-corrected chi connectivity index (χ2v) is 9.85. The minimum absolute atomic E-state index is 0.0383. The molecule has 0 heterocycles. The maximum atomic E-state index is 6.08. The third kappa shape index (κ3) is 9.62. The van der Waals surface area contributed by atoms with Crippen LogP contribution in [0.2, 0.25) is 6.04 Å². The van der Waals surface area contributed by atoms with Crippen molar-refractivity contribution in [3.8, 4) is 0 Å². The molecule has 0 aromatic heterocycles. The fourth-order valence-electron chi connectivity index (χ4n) is 1.72. The fourth-order valence-corrected chi connectivity index (χ4v) is 7.10. The number of ether oxygens (including phenoxy) is 1. The van der Waals surface area contributed by atoms with Crippen molar-refractivity contribution in [2.75, 3.05) is 0 Å². The fraction of sp³-hybridized carbons (Fsp3) is 0.923. The summed E-state index contributed by atoms with van der Waals surface area (Å²) in [5.74, 6) is 0. The minimum Gasteiger partial charge on any atom is -0.474 e. The van der Waals surface area contributed by atoms with E-state index in [1.54, 1.807) is 6.92 Å². The summed E-state index contributed by atoms with van der Waals surface area (Å²) in [7, 11) is -2.81. The molecule has 0 fully saturated rings. The quantitative estimate of drug-likeness (QED) is 0.234. The van der Waals surface area contributed by atoms with Crippen molar-refractivity contribution in [2.45, 2.75) is 76.9 Å². The van der Waals surface area contributed by atoms with Crippen LogP contribution in [0.1, 0.15) is 48.5 Å². The van der Waals surface area contributed by atoms with Crippen molar-refractivity contribution in [1.82, 2.24) is 0 Å². The highest BCUT2D eigenvalue weighted by atomic mass is 127. The first-order valence-electron chi connectivity index (χ1n) is 6.91. The van der Waals surface area contributed by atoms with Crippen LogP contribution >= 0.6 is 34.8 Å². The van der Waals surface area contributed by atoms with Gasteiger partial charge in [0.05, 0.1) is 6.04 Å². The van der Waals surface area contributed by atoms with Crippen LogP contribution in [0.4, 0.5) is 0 Å². The molecule has 7 heteroatoms. The van der Waals surface area contributed by atoms with Crippen LogP contribution in [0.3, 0.4) is 0 Å². The Hall–Kier alpha value is 0.717. The van der Waals surface area contributed by atoms with Gasteiger partial charge < -0.3 is 18.0 Å². The van der Waals surface area contributed by atoms with Crippen molar-refractivity contribution < 1.29 is 18.0 Å². The molecule has 0 bridgehead atoms. The highest BCUT2D eigenvalue weighted by Gasteiger charge is 2.46. The van der Waals surface area contributed by atoms with Gasteiger partial charge in [-0.05, 0) is 76.4 Å². The third-order valence-electron chi connectivity index (χ3n) is 1.95. The van der Waals surface area contributed by atoms with Gasteiger partial charge in [0.2, 0.25) is 0 Å². The normalized spacial score (nSPS) is 14.2. The van der Waals surface area contributed by atoms with Gasteiger partial charge in [-0.15, -0.1) is 0 Å². The Morgan fingerprint density at radius 3 is 1.55 bits per heavy atom. The summed E-state index contributed by atoms with van der Waals surface area (Å²) in [6, 6.07) is 0.579. The number of rotatable bonds is 9. The summed E-state index contributed by atoms with van der Waals surface area (Å²) in [5.41, 5.74) is 0. The molecule has 0 aliphatic carbocycles. The Morgan fingerprint density at radius 1 is 0.950 bits per heavy atom. The van der Waals surface area contributed by atoms with Crippen LogP contribution in [0.15, 0.2) is 0 Å². The zero-order valence-electron chi connectivity index (χ0n) is 13.4. The van der Waals surface area contributed by atoms with E-state index in [0.29, 0.717) is 11.1 Å².